The molecule has 0 N–H and O–H groups in total. The van der Waals surface area contributed by atoms with Crippen molar-refractivity contribution in [1.82, 2.24) is 0 Å². The maximum atomic E-state index is 11.4. The molecule has 1 saturated carbocycles. The van der Waals surface area contributed by atoms with Gasteiger partial charge < -0.3 is 4.74 Å². The Morgan fingerprint density at radius 2 is 2.23 bits per heavy atom. The summed E-state index contributed by atoms with van der Waals surface area (Å²) in [7, 11) is 0. The summed E-state index contributed by atoms with van der Waals surface area (Å²) in [5.74, 6) is 1.48. The Kier molecular flexibility index (Phi) is 2.69. The lowest BCUT2D eigenvalue weighted by Gasteiger charge is -2.10. The molecule has 2 nitrogen and oxygen atoms in total. The van der Waals surface area contributed by atoms with E-state index in [1.54, 1.807) is 0 Å². The lowest BCUT2D eigenvalue weighted by atomic mass is 10.3. The topological polar surface area (TPSA) is 26.3 Å². The fourth-order valence-electron chi connectivity index (χ4n) is 1.32. The number of carbonyl (C=O) groups is 1. The van der Waals surface area contributed by atoms with E-state index < -0.39 is 4.33 Å². The minimum atomic E-state index is -0.844. The van der Waals surface area contributed by atoms with E-state index in [4.69, 9.17) is 27.9 Å². The molecule has 13 heavy (non-hydrogen) atoms. The highest BCUT2D eigenvalue weighted by molar-refractivity contribution is 7.99. The normalized spacial score (nSPS) is 35.8. The third kappa shape index (κ3) is 2.25. The molecule has 1 aliphatic heterocycles. The molecule has 2 atom stereocenters. The van der Waals surface area contributed by atoms with E-state index >= 15 is 0 Å². The predicted octanol–water partition coefficient (Wildman–Crippen LogP) is 2.23. The molecule has 1 saturated heterocycles. The molecular weight excluding hydrogens is 231 g/mol. The molecular formula is C8H10Cl2O2S. The number of carbonyl (C=O) groups excluding carboxylic acids is 1. The van der Waals surface area contributed by atoms with Gasteiger partial charge >= 0.3 is 5.97 Å². The molecule has 0 amide bonds. The monoisotopic (exact) mass is 240 g/mol. The van der Waals surface area contributed by atoms with Crippen molar-refractivity contribution in [2.45, 2.75) is 23.3 Å². The lowest BCUT2D eigenvalue weighted by Crippen LogP contribution is -2.20. The van der Waals surface area contributed by atoms with E-state index in [2.05, 4.69) is 0 Å². The van der Waals surface area contributed by atoms with Crippen LogP contribution in [0.25, 0.3) is 0 Å². The molecule has 74 valence electrons. The Labute approximate surface area is 91.3 Å². The van der Waals surface area contributed by atoms with Gasteiger partial charge in [-0.3, -0.25) is 4.79 Å². The van der Waals surface area contributed by atoms with Crippen molar-refractivity contribution in [2.75, 3.05) is 11.5 Å². The summed E-state index contributed by atoms with van der Waals surface area (Å²) in [5.41, 5.74) is 0. The molecule has 0 aromatic heterocycles. The number of hydrogen-bond donors (Lipinski definition) is 0. The van der Waals surface area contributed by atoms with Crippen LogP contribution in [0.2, 0.25) is 0 Å². The van der Waals surface area contributed by atoms with Gasteiger partial charge in [-0.2, -0.15) is 11.8 Å². The molecule has 0 bridgehead atoms. The minimum absolute atomic E-state index is 0.0854. The van der Waals surface area contributed by atoms with E-state index in [0.717, 1.165) is 17.9 Å². The average molecular weight is 241 g/mol. The zero-order valence-corrected chi connectivity index (χ0v) is 9.29. The van der Waals surface area contributed by atoms with Crippen molar-refractivity contribution in [1.29, 1.82) is 0 Å². The second-order valence-electron chi connectivity index (χ2n) is 3.44. The summed E-state index contributed by atoms with van der Waals surface area (Å²) < 4.78 is 4.40. The van der Waals surface area contributed by atoms with Crippen LogP contribution in [0.1, 0.15) is 12.8 Å². The summed E-state index contributed by atoms with van der Waals surface area (Å²) in [6.45, 7) is 0. The third-order valence-corrected chi connectivity index (χ3v) is 4.25. The zero-order chi connectivity index (χ0) is 9.47. The summed E-state index contributed by atoms with van der Waals surface area (Å²) >= 11 is 13.3. The Morgan fingerprint density at radius 1 is 1.54 bits per heavy atom. The van der Waals surface area contributed by atoms with Gasteiger partial charge in [-0.25, -0.2) is 0 Å². The van der Waals surface area contributed by atoms with Crippen molar-refractivity contribution in [3.8, 4) is 0 Å². The molecule has 0 aromatic rings. The first kappa shape index (κ1) is 9.94. The maximum Gasteiger partial charge on any atom is 0.312 e. The van der Waals surface area contributed by atoms with Gasteiger partial charge in [0.1, 0.15) is 10.4 Å². The number of rotatable bonds is 2. The van der Waals surface area contributed by atoms with E-state index in [9.17, 15) is 4.79 Å². The maximum absolute atomic E-state index is 11.4. The van der Waals surface area contributed by atoms with Crippen LogP contribution in [0.15, 0.2) is 0 Å². The van der Waals surface area contributed by atoms with Crippen molar-refractivity contribution < 1.29 is 9.53 Å². The third-order valence-electron chi connectivity index (χ3n) is 2.28. The van der Waals surface area contributed by atoms with Crippen LogP contribution in [0.3, 0.4) is 0 Å². The van der Waals surface area contributed by atoms with Crippen LogP contribution in [-0.2, 0) is 9.53 Å². The Bertz CT molecular complexity index is 226. The van der Waals surface area contributed by atoms with Crippen molar-refractivity contribution in [2.24, 2.45) is 5.92 Å². The minimum Gasteiger partial charge on any atom is -0.461 e. The lowest BCUT2D eigenvalue weighted by molar-refractivity contribution is -0.149. The highest BCUT2D eigenvalue weighted by Crippen LogP contribution is 2.53. The Balaban J connectivity index is 1.79. The average Bonchev–Trinajstić information content (AvgIpc) is 2.49. The molecule has 1 aliphatic carbocycles. The Morgan fingerprint density at radius 3 is 2.69 bits per heavy atom. The van der Waals surface area contributed by atoms with Gasteiger partial charge in [-0.15, -0.1) is 23.2 Å². The quantitative estimate of drug-likeness (QED) is 0.547. The second-order valence-corrected chi connectivity index (χ2v) is 6.13. The fourth-order valence-corrected chi connectivity index (χ4v) is 2.90. The van der Waals surface area contributed by atoms with Crippen molar-refractivity contribution in [3.05, 3.63) is 0 Å². The van der Waals surface area contributed by atoms with Crippen LogP contribution in [0.4, 0.5) is 0 Å². The number of halogens is 2. The highest BCUT2D eigenvalue weighted by atomic mass is 35.5. The number of thioether (sulfide) groups is 1. The van der Waals surface area contributed by atoms with E-state index in [-0.39, 0.29) is 18.0 Å². The van der Waals surface area contributed by atoms with E-state index in [0.29, 0.717) is 6.42 Å². The van der Waals surface area contributed by atoms with E-state index in [1.165, 1.54) is 0 Å². The van der Waals surface area contributed by atoms with E-state index in [1.807, 2.05) is 11.8 Å². The highest BCUT2D eigenvalue weighted by Gasteiger charge is 2.57. The van der Waals surface area contributed by atoms with Gasteiger partial charge in [0.05, 0.1) is 5.92 Å². The number of hydrogen-bond acceptors (Lipinski definition) is 3. The van der Waals surface area contributed by atoms with Crippen LogP contribution >= 0.6 is 35.0 Å². The van der Waals surface area contributed by atoms with Crippen LogP contribution < -0.4 is 0 Å². The summed E-state index contributed by atoms with van der Waals surface area (Å²) in [6.07, 6.45) is 1.58. The van der Waals surface area contributed by atoms with Crippen LogP contribution in [0, 0.1) is 5.92 Å². The molecule has 5 heteroatoms. The second kappa shape index (κ2) is 3.52. The summed E-state index contributed by atoms with van der Waals surface area (Å²) in [6, 6.07) is 0. The number of alkyl halides is 2. The molecule has 1 heterocycles. The number of ether oxygens (including phenoxy) is 1. The summed E-state index contributed by atoms with van der Waals surface area (Å²) in [5, 5.41) is 0. The van der Waals surface area contributed by atoms with Gasteiger partial charge in [0.15, 0.2) is 0 Å². The van der Waals surface area contributed by atoms with Gasteiger partial charge in [0, 0.05) is 5.75 Å². The fraction of sp³-hybridized carbons (Fsp3) is 0.875. The standard InChI is InChI=1S/C8H10Cl2O2S/c9-8(10)3-6(8)7(11)12-5-1-2-13-4-5/h5-6H,1-4H2. The predicted molar refractivity (Wildman–Crippen MR) is 54.4 cm³/mol. The Hall–Kier alpha value is 0.400. The molecule has 0 radical (unpaired) electrons. The molecule has 2 aliphatic rings. The molecule has 0 spiro atoms. The van der Waals surface area contributed by atoms with Gasteiger partial charge in [0.25, 0.3) is 0 Å². The van der Waals surface area contributed by atoms with Crippen LogP contribution in [-0.4, -0.2) is 27.9 Å². The molecule has 2 unspecified atom stereocenters. The van der Waals surface area contributed by atoms with Crippen LogP contribution in [0.5, 0.6) is 0 Å². The largest absolute Gasteiger partial charge is 0.461 e. The summed E-state index contributed by atoms with van der Waals surface area (Å²) in [4.78, 5) is 11.4. The first-order valence-corrected chi connectivity index (χ1v) is 6.17. The SMILES string of the molecule is O=C(OC1CCSC1)C1CC1(Cl)Cl. The zero-order valence-electron chi connectivity index (χ0n) is 6.96. The first-order valence-electron chi connectivity index (χ1n) is 4.25. The molecule has 2 rings (SSSR count). The van der Waals surface area contributed by atoms with Crippen molar-refractivity contribution in [3.63, 3.8) is 0 Å². The molecule has 2 fully saturated rings. The first-order chi connectivity index (χ1) is 6.09. The van der Waals surface area contributed by atoms with Crippen molar-refractivity contribution >= 4 is 40.9 Å². The van der Waals surface area contributed by atoms with Gasteiger partial charge in [-0.1, -0.05) is 0 Å². The number of esters is 1. The van der Waals surface area contributed by atoms with Gasteiger partial charge in [0.2, 0.25) is 0 Å². The van der Waals surface area contributed by atoms with Gasteiger partial charge in [-0.05, 0) is 18.6 Å². The molecule has 0 aromatic carbocycles. The smallest absolute Gasteiger partial charge is 0.312 e.